The molecule has 0 bridgehead atoms. The lowest BCUT2D eigenvalue weighted by atomic mass is 9.84. The Balaban J connectivity index is 1.70. The summed E-state index contributed by atoms with van der Waals surface area (Å²) >= 11 is 7.15. The van der Waals surface area contributed by atoms with E-state index >= 15 is 0 Å². The maximum Gasteiger partial charge on any atom is 0.196 e. The van der Waals surface area contributed by atoms with Crippen LogP contribution in [-0.2, 0) is 0 Å². The van der Waals surface area contributed by atoms with Gasteiger partial charge in [0.15, 0.2) is 10.9 Å². The second kappa shape index (κ2) is 6.00. The summed E-state index contributed by atoms with van der Waals surface area (Å²) in [5.41, 5.74) is 0.517. The Kier molecular flexibility index (Phi) is 4.29. The molecule has 4 nitrogen and oxygen atoms in total. The van der Waals surface area contributed by atoms with Crippen LogP contribution < -0.4 is 4.90 Å². The fourth-order valence-corrected chi connectivity index (χ4v) is 4.44. The first kappa shape index (κ1) is 14.3. The number of carbonyl (C=O) groups is 1. The van der Waals surface area contributed by atoms with Crippen molar-refractivity contribution >= 4 is 33.9 Å². The van der Waals surface area contributed by atoms with Crippen LogP contribution in [0.2, 0.25) is 0 Å². The Morgan fingerprint density at radius 1 is 1.50 bits per heavy atom. The van der Waals surface area contributed by atoms with Crippen molar-refractivity contribution in [2.24, 2.45) is 5.92 Å². The molecule has 1 aromatic rings. The highest BCUT2D eigenvalue weighted by Gasteiger charge is 2.35. The first-order chi connectivity index (χ1) is 9.69. The van der Waals surface area contributed by atoms with E-state index in [1.54, 1.807) is 11.3 Å². The van der Waals surface area contributed by atoms with Crippen LogP contribution in [0.5, 0.6) is 0 Å². The SMILES string of the molecule is CN1CCCC2CN(c3nc(C(=O)CCl)cs3)CCC21. The molecule has 2 atom stereocenters. The quantitative estimate of drug-likeness (QED) is 0.634. The maximum atomic E-state index is 11.6. The summed E-state index contributed by atoms with van der Waals surface area (Å²) in [5.74, 6) is 0.665. The Bertz CT molecular complexity index is 493. The molecule has 110 valence electrons. The summed E-state index contributed by atoms with van der Waals surface area (Å²) in [6.45, 7) is 3.33. The van der Waals surface area contributed by atoms with E-state index < -0.39 is 0 Å². The van der Waals surface area contributed by atoms with E-state index in [9.17, 15) is 4.79 Å². The van der Waals surface area contributed by atoms with Crippen LogP contribution in [0.3, 0.4) is 0 Å². The van der Waals surface area contributed by atoms with Crippen LogP contribution >= 0.6 is 22.9 Å². The molecule has 3 rings (SSSR count). The number of carbonyl (C=O) groups excluding carboxylic acids is 1. The molecular weight excluding hydrogens is 294 g/mol. The van der Waals surface area contributed by atoms with Crippen molar-refractivity contribution in [3.05, 3.63) is 11.1 Å². The number of piperidine rings is 2. The van der Waals surface area contributed by atoms with Gasteiger partial charge in [0.25, 0.3) is 0 Å². The van der Waals surface area contributed by atoms with Gasteiger partial charge in [0, 0.05) is 24.5 Å². The van der Waals surface area contributed by atoms with Crippen LogP contribution in [0.1, 0.15) is 29.8 Å². The standard InChI is InChI=1S/C14H20ClN3OS/c1-17-5-2-3-10-8-18(6-4-12(10)17)14-16-11(9-20-14)13(19)7-15/h9-10,12H,2-8H2,1H3. The topological polar surface area (TPSA) is 36.4 Å². The van der Waals surface area contributed by atoms with Gasteiger partial charge < -0.3 is 9.80 Å². The van der Waals surface area contributed by atoms with E-state index in [1.807, 2.05) is 5.38 Å². The molecule has 20 heavy (non-hydrogen) atoms. The van der Waals surface area contributed by atoms with Crippen molar-refractivity contribution in [1.82, 2.24) is 9.88 Å². The average Bonchev–Trinajstić information content (AvgIpc) is 2.96. The molecule has 6 heteroatoms. The number of hydrogen-bond acceptors (Lipinski definition) is 5. The van der Waals surface area contributed by atoms with Gasteiger partial charge in [0.2, 0.25) is 0 Å². The van der Waals surface area contributed by atoms with E-state index in [4.69, 9.17) is 11.6 Å². The molecule has 2 fully saturated rings. The minimum atomic E-state index is -0.0820. The van der Waals surface area contributed by atoms with Gasteiger partial charge >= 0.3 is 0 Å². The number of aromatic nitrogens is 1. The molecule has 0 radical (unpaired) electrons. The van der Waals surface area contributed by atoms with Crippen molar-refractivity contribution in [2.75, 3.05) is 37.5 Å². The molecule has 2 aliphatic rings. The summed E-state index contributed by atoms with van der Waals surface area (Å²) in [4.78, 5) is 20.9. The van der Waals surface area contributed by atoms with Crippen molar-refractivity contribution < 1.29 is 4.79 Å². The third-order valence-corrected chi connectivity index (χ3v) is 5.66. The zero-order valence-corrected chi connectivity index (χ0v) is 13.3. The van der Waals surface area contributed by atoms with E-state index in [-0.39, 0.29) is 11.7 Å². The summed E-state index contributed by atoms with van der Waals surface area (Å²) in [5, 5.41) is 2.81. The van der Waals surface area contributed by atoms with Crippen LogP contribution in [0, 0.1) is 5.92 Å². The fraction of sp³-hybridized carbons (Fsp3) is 0.714. The smallest absolute Gasteiger partial charge is 0.196 e. The molecule has 2 unspecified atom stereocenters. The molecule has 0 aromatic carbocycles. The Hall–Kier alpha value is -0.650. The molecule has 0 saturated carbocycles. The van der Waals surface area contributed by atoms with E-state index in [1.165, 1.54) is 25.8 Å². The zero-order chi connectivity index (χ0) is 14.1. The Morgan fingerprint density at radius 3 is 3.15 bits per heavy atom. The molecule has 3 heterocycles. The molecule has 1 aromatic heterocycles. The van der Waals surface area contributed by atoms with Gasteiger partial charge in [-0.05, 0) is 38.8 Å². The highest BCUT2D eigenvalue weighted by Crippen LogP contribution is 2.33. The van der Waals surface area contributed by atoms with Gasteiger partial charge in [-0.15, -0.1) is 22.9 Å². The first-order valence-electron chi connectivity index (χ1n) is 7.19. The van der Waals surface area contributed by atoms with Crippen molar-refractivity contribution in [3.63, 3.8) is 0 Å². The predicted molar refractivity (Wildman–Crippen MR) is 83.1 cm³/mol. The lowest BCUT2D eigenvalue weighted by Crippen LogP contribution is -2.52. The van der Waals surface area contributed by atoms with E-state index in [0.717, 1.165) is 30.2 Å². The number of hydrogen-bond donors (Lipinski definition) is 0. The summed E-state index contributed by atoms with van der Waals surface area (Å²) in [7, 11) is 2.24. The highest BCUT2D eigenvalue weighted by molar-refractivity contribution is 7.14. The lowest BCUT2D eigenvalue weighted by Gasteiger charge is -2.45. The molecule has 0 N–H and O–H groups in total. The molecule has 0 amide bonds. The average molecular weight is 314 g/mol. The van der Waals surface area contributed by atoms with Crippen LogP contribution in [0.25, 0.3) is 0 Å². The van der Waals surface area contributed by atoms with Crippen LogP contribution in [-0.4, -0.2) is 54.3 Å². The monoisotopic (exact) mass is 313 g/mol. The van der Waals surface area contributed by atoms with Gasteiger partial charge in [-0.2, -0.15) is 0 Å². The third kappa shape index (κ3) is 2.71. The third-order valence-electron chi connectivity index (χ3n) is 4.52. The number of alkyl halides is 1. The number of rotatable bonds is 3. The van der Waals surface area contributed by atoms with Gasteiger partial charge in [-0.1, -0.05) is 0 Å². The molecule has 0 spiro atoms. The number of anilines is 1. The number of likely N-dealkylation sites (tertiary alicyclic amines) is 1. The van der Waals surface area contributed by atoms with Crippen molar-refractivity contribution in [2.45, 2.75) is 25.3 Å². The summed E-state index contributed by atoms with van der Waals surface area (Å²) in [6, 6.07) is 0.726. The lowest BCUT2D eigenvalue weighted by molar-refractivity contribution is 0.101. The second-order valence-corrected chi connectivity index (χ2v) is 6.86. The number of thiazole rings is 1. The second-order valence-electron chi connectivity index (χ2n) is 5.76. The Morgan fingerprint density at radius 2 is 2.35 bits per heavy atom. The summed E-state index contributed by atoms with van der Waals surface area (Å²) in [6.07, 6.45) is 3.79. The number of fused-ring (bicyclic) bond motifs is 1. The number of nitrogens with zero attached hydrogens (tertiary/aromatic N) is 3. The van der Waals surface area contributed by atoms with Crippen LogP contribution in [0.15, 0.2) is 5.38 Å². The normalized spacial score (nSPS) is 27.4. The van der Waals surface area contributed by atoms with Crippen LogP contribution in [0.4, 0.5) is 5.13 Å². The molecule has 2 aliphatic heterocycles. The van der Waals surface area contributed by atoms with Crippen molar-refractivity contribution in [1.29, 1.82) is 0 Å². The van der Waals surface area contributed by atoms with E-state index in [2.05, 4.69) is 21.8 Å². The summed E-state index contributed by atoms with van der Waals surface area (Å²) < 4.78 is 0. The van der Waals surface area contributed by atoms with Gasteiger partial charge in [0.05, 0.1) is 5.88 Å². The van der Waals surface area contributed by atoms with Gasteiger partial charge in [-0.3, -0.25) is 4.79 Å². The van der Waals surface area contributed by atoms with Crippen molar-refractivity contribution in [3.8, 4) is 0 Å². The fourth-order valence-electron chi connectivity index (χ4n) is 3.43. The van der Waals surface area contributed by atoms with Gasteiger partial charge in [0.1, 0.15) is 5.69 Å². The first-order valence-corrected chi connectivity index (χ1v) is 8.60. The molecule has 0 aliphatic carbocycles. The maximum absolute atomic E-state index is 11.6. The number of Topliss-reactive ketones (excluding diaryl/α,β-unsaturated/α-hetero) is 1. The Labute approximate surface area is 128 Å². The largest absolute Gasteiger partial charge is 0.348 e. The number of ketones is 1. The molecular formula is C14H20ClN3OS. The van der Waals surface area contributed by atoms with Gasteiger partial charge in [-0.25, -0.2) is 4.98 Å². The number of halogens is 1. The minimum Gasteiger partial charge on any atom is -0.348 e. The zero-order valence-electron chi connectivity index (χ0n) is 11.7. The predicted octanol–water partition coefficient (Wildman–Crippen LogP) is 2.49. The highest BCUT2D eigenvalue weighted by atomic mass is 35.5. The molecule has 2 saturated heterocycles. The minimum absolute atomic E-state index is 0.0126. The van der Waals surface area contributed by atoms with E-state index in [0.29, 0.717) is 5.69 Å².